The van der Waals surface area contributed by atoms with Crippen LogP contribution < -0.4 is 10.6 Å². The van der Waals surface area contributed by atoms with Gasteiger partial charge in [0.1, 0.15) is 0 Å². The van der Waals surface area contributed by atoms with Gasteiger partial charge in [0.25, 0.3) is 5.91 Å². The van der Waals surface area contributed by atoms with Crippen LogP contribution >= 0.6 is 0 Å². The Morgan fingerprint density at radius 3 is 2.35 bits per heavy atom. The van der Waals surface area contributed by atoms with E-state index in [1.54, 1.807) is 44.2 Å². The molecule has 0 aromatic heterocycles. The Morgan fingerprint density at radius 2 is 1.75 bits per heavy atom. The third-order valence-electron chi connectivity index (χ3n) is 1.99. The largest absolute Gasteiger partial charge is 0.460 e. The van der Waals surface area contributed by atoms with Crippen molar-refractivity contribution in [3.63, 3.8) is 0 Å². The summed E-state index contributed by atoms with van der Waals surface area (Å²) in [5, 5.41) is 4.53. The van der Waals surface area contributed by atoms with Crippen molar-refractivity contribution in [3.8, 4) is 0 Å². The van der Waals surface area contributed by atoms with Gasteiger partial charge in [-0.25, -0.2) is 9.59 Å². The predicted molar refractivity (Wildman–Crippen MR) is 74.0 cm³/mol. The summed E-state index contributed by atoms with van der Waals surface area (Å²) in [6.07, 6.45) is 1.64. The number of rotatable bonds is 4. The third kappa shape index (κ3) is 6.34. The second kappa shape index (κ2) is 7.73. The first-order valence-corrected chi connectivity index (χ1v) is 6.03. The lowest BCUT2D eigenvalue weighted by molar-refractivity contribution is -0.141. The molecule has 0 aliphatic heterocycles. The summed E-state index contributed by atoms with van der Waals surface area (Å²) in [6, 6.07) is 7.98. The van der Waals surface area contributed by atoms with Gasteiger partial charge < -0.3 is 10.1 Å². The van der Waals surface area contributed by atoms with Gasteiger partial charge >= 0.3 is 12.0 Å². The van der Waals surface area contributed by atoms with E-state index in [0.29, 0.717) is 5.69 Å². The van der Waals surface area contributed by atoms with E-state index in [4.69, 9.17) is 4.74 Å². The maximum Gasteiger partial charge on any atom is 0.331 e. The Morgan fingerprint density at radius 1 is 1.10 bits per heavy atom. The zero-order valence-corrected chi connectivity index (χ0v) is 11.3. The number of carbonyl (C=O) groups excluding carboxylic acids is 3. The molecule has 0 spiro atoms. The molecule has 0 radical (unpaired) electrons. The summed E-state index contributed by atoms with van der Waals surface area (Å²) < 4.78 is 4.79. The van der Waals surface area contributed by atoms with Crippen molar-refractivity contribution < 1.29 is 19.1 Å². The van der Waals surface area contributed by atoms with Crippen LogP contribution in [0, 0.1) is 0 Å². The zero-order chi connectivity index (χ0) is 15.0. The van der Waals surface area contributed by atoms with Gasteiger partial charge in [0.2, 0.25) is 0 Å². The number of ether oxygens (including phenoxy) is 1. The number of anilines is 1. The van der Waals surface area contributed by atoms with Gasteiger partial charge in [-0.3, -0.25) is 10.1 Å². The molecule has 0 bridgehead atoms. The molecule has 0 atom stereocenters. The van der Waals surface area contributed by atoms with Crippen LogP contribution in [-0.4, -0.2) is 24.0 Å². The van der Waals surface area contributed by atoms with Crippen LogP contribution in [0.15, 0.2) is 42.5 Å². The number of para-hydroxylation sites is 1. The lowest BCUT2D eigenvalue weighted by atomic mass is 10.3. The van der Waals surface area contributed by atoms with Crippen molar-refractivity contribution in [2.45, 2.75) is 20.0 Å². The molecule has 2 N–H and O–H groups in total. The van der Waals surface area contributed by atoms with Gasteiger partial charge in [-0.05, 0) is 26.0 Å². The highest BCUT2D eigenvalue weighted by atomic mass is 16.5. The van der Waals surface area contributed by atoms with E-state index in [-0.39, 0.29) is 6.10 Å². The molecule has 0 fully saturated rings. The minimum Gasteiger partial charge on any atom is -0.460 e. The highest BCUT2D eigenvalue weighted by Crippen LogP contribution is 2.03. The highest BCUT2D eigenvalue weighted by Gasteiger charge is 2.06. The van der Waals surface area contributed by atoms with Gasteiger partial charge in [0, 0.05) is 17.8 Å². The topological polar surface area (TPSA) is 84.5 Å². The van der Waals surface area contributed by atoms with Crippen molar-refractivity contribution in [2.75, 3.05) is 5.32 Å². The van der Waals surface area contributed by atoms with E-state index in [1.807, 2.05) is 0 Å². The zero-order valence-electron chi connectivity index (χ0n) is 11.3. The van der Waals surface area contributed by atoms with Crippen LogP contribution in [0.2, 0.25) is 0 Å². The number of imide groups is 1. The maximum atomic E-state index is 11.5. The summed E-state index contributed by atoms with van der Waals surface area (Å²) in [6.45, 7) is 3.39. The number of amides is 3. The molecule has 0 saturated heterocycles. The van der Waals surface area contributed by atoms with Crippen molar-refractivity contribution in [2.24, 2.45) is 0 Å². The fourth-order valence-corrected chi connectivity index (χ4v) is 1.25. The summed E-state index contributed by atoms with van der Waals surface area (Å²) in [4.78, 5) is 34.0. The van der Waals surface area contributed by atoms with Crippen molar-refractivity contribution in [3.05, 3.63) is 42.5 Å². The normalized spacial score (nSPS) is 10.3. The van der Waals surface area contributed by atoms with Crippen molar-refractivity contribution in [1.29, 1.82) is 0 Å². The van der Waals surface area contributed by atoms with Crippen LogP contribution in [0.25, 0.3) is 0 Å². The molecule has 0 aliphatic rings. The molecule has 0 aliphatic carbocycles. The molecular weight excluding hydrogens is 260 g/mol. The fraction of sp³-hybridized carbons (Fsp3) is 0.214. The van der Waals surface area contributed by atoms with E-state index in [0.717, 1.165) is 12.2 Å². The quantitative estimate of drug-likeness (QED) is 0.649. The second-order valence-electron chi connectivity index (χ2n) is 4.13. The monoisotopic (exact) mass is 276 g/mol. The highest BCUT2D eigenvalue weighted by molar-refractivity contribution is 6.06. The minimum atomic E-state index is -0.709. The summed E-state index contributed by atoms with van der Waals surface area (Å²) in [5.41, 5.74) is 0.556. The van der Waals surface area contributed by atoms with Crippen LogP contribution in [0.3, 0.4) is 0 Å². The number of urea groups is 1. The smallest absolute Gasteiger partial charge is 0.331 e. The van der Waals surface area contributed by atoms with Gasteiger partial charge in [-0.2, -0.15) is 0 Å². The molecule has 1 aromatic rings. The molecule has 6 heteroatoms. The Balaban J connectivity index is 2.40. The third-order valence-corrected chi connectivity index (χ3v) is 1.99. The predicted octanol–water partition coefficient (Wildman–Crippen LogP) is 1.84. The number of hydrogen-bond donors (Lipinski definition) is 2. The molecule has 3 amide bonds. The first-order valence-electron chi connectivity index (χ1n) is 6.03. The number of nitrogens with one attached hydrogen (secondary N) is 2. The van der Waals surface area contributed by atoms with Gasteiger partial charge in [0.15, 0.2) is 0 Å². The Hall–Kier alpha value is -2.63. The molecule has 6 nitrogen and oxygen atoms in total. The van der Waals surface area contributed by atoms with E-state index in [9.17, 15) is 14.4 Å². The average Bonchev–Trinajstić information content (AvgIpc) is 2.36. The average molecular weight is 276 g/mol. The number of carbonyl (C=O) groups is 3. The Kier molecular flexibility index (Phi) is 5.96. The number of esters is 1. The maximum absolute atomic E-state index is 11.5. The van der Waals surface area contributed by atoms with Gasteiger partial charge in [-0.1, -0.05) is 18.2 Å². The molecule has 0 unspecified atom stereocenters. The van der Waals surface area contributed by atoms with Gasteiger partial charge in [-0.15, -0.1) is 0 Å². The Bertz CT molecular complexity index is 509. The SMILES string of the molecule is CC(C)OC(=O)/C=C\C(=O)NC(=O)Nc1ccccc1. The molecule has 106 valence electrons. The second-order valence-corrected chi connectivity index (χ2v) is 4.13. The Labute approximate surface area is 116 Å². The summed E-state index contributed by atoms with van der Waals surface area (Å²) in [7, 11) is 0. The van der Waals surface area contributed by atoms with Crippen LogP contribution in [0.4, 0.5) is 10.5 Å². The molecule has 0 heterocycles. The standard InChI is InChI=1S/C14H16N2O4/c1-10(2)20-13(18)9-8-12(17)16-14(19)15-11-6-4-3-5-7-11/h3-10H,1-2H3,(H2,15,16,17,19)/b9-8-. The first-order chi connectivity index (χ1) is 9.47. The van der Waals surface area contributed by atoms with Crippen molar-refractivity contribution >= 4 is 23.6 Å². The summed E-state index contributed by atoms with van der Waals surface area (Å²) >= 11 is 0. The van der Waals surface area contributed by atoms with Crippen LogP contribution in [-0.2, 0) is 14.3 Å². The van der Waals surface area contributed by atoms with E-state index in [2.05, 4.69) is 10.6 Å². The first kappa shape index (κ1) is 15.4. The van der Waals surface area contributed by atoms with E-state index < -0.39 is 17.9 Å². The van der Waals surface area contributed by atoms with Gasteiger partial charge in [0.05, 0.1) is 6.10 Å². The minimum absolute atomic E-state index is 0.267. The molecule has 1 aromatic carbocycles. The summed E-state index contributed by atoms with van der Waals surface area (Å²) in [5.74, 6) is -1.35. The number of benzene rings is 1. The fourth-order valence-electron chi connectivity index (χ4n) is 1.25. The van der Waals surface area contributed by atoms with Crippen LogP contribution in [0.1, 0.15) is 13.8 Å². The molecular formula is C14H16N2O4. The molecule has 20 heavy (non-hydrogen) atoms. The van der Waals surface area contributed by atoms with Crippen molar-refractivity contribution in [1.82, 2.24) is 5.32 Å². The lowest BCUT2D eigenvalue weighted by Crippen LogP contribution is -2.33. The molecule has 0 saturated carbocycles. The van der Waals surface area contributed by atoms with E-state index >= 15 is 0 Å². The van der Waals surface area contributed by atoms with E-state index in [1.165, 1.54) is 0 Å². The molecule has 1 rings (SSSR count). The lowest BCUT2D eigenvalue weighted by Gasteiger charge is -2.05. The number of hydrogen-bond acceptors (Lipinski definition) is 4. The van der Waals surface area contributed by atoms with Crippen LogP contribution in [0.5, 0.6) is 0 Å².